The zero-order valence-electron chi connectivity index (χ0n) is 20.7. The maximum atomic E-state index is 13.0. The summed E-state index contributed by atoms with van der Waals surface area (Å²) in [5.74, 6) is -1.54. The molecule has 4 heteroatoms. The molecule has 31 heavy (non-hydrogen) atoms. The molecule has 0 saturated heterocycles. The van der Waals surface area contributed by atoms with Gasteiger partial charge >= 0.3 is 11.9 Å². The van der Waals surface area contributed by atoms with Gasteiger partial charge in [0.1, 0.15) is 6.10 Å². The largest absolute Gasteiger partial charge is 0.481 e. The van der Waals surface area contributed by atoms with E-state index in [-0.39, 0.29) is 12.1 Å². The Balaban J connectivity index is 2.37. The van der Waals surface area contributed by atoms with Gasteiger partial charge in [-0.25, -0.2) is 0 Å². The summed E-state index contributed by atoms with van der Waals surface area (Å²) < 4.78 is 5.92. The van der Waals surface area contributed by atoms with Crippen molar-refractivity contribution >= 4 is 11.9 Å². The summed E-state index contributed by atoms with van der Waals surface area (Å²) in [5, 5.41) is 9.58. The van der Waals surface area contributed by atoms with Crippen molar-refractivity contribution in [2.45, 2.75) is 130 Å². The van der Waals surface area contributed by atoms with Crippen LogP contribution in [-0.4, -0.2) is 23.1 Å². The van der Waals surface area contributed by atoms with E-state index in [1.54, 1.807) is 13.0 Å². The van der Waals surface area contributed by atoms with E-state index >= 15 is 0 Å². The fraction of sp³-hybridized carbons (Fsp3) is 0.852. The number of carbonyl (C=O) groups excluding carboxylic acids is 1. The molecule has 0 radical (unpaired) electrons. The van der Waals surface area contributed by atoms with Gasteiger partial charge in [0.25, 0.3) is 0 Å². The van der Waals surface area contributed by atoms with Gasteiger partial charge in [-0.3, -0.25) is 9.59 Å². The van der Waals surface area contributed by atoms with E-state index in [1.807, 2.05) is 6.08 Å². The van der Waals surface area contributed by atoms with E-state index in [0.717, 1.165) is 19.3 Å². The summed E-state index contributed by atoms with van der Waals surface area (Å²) in [7, 11) is 0. The van der Waals surface area contributed by atoms with Crippen LogP contribution in [0.15, 0.2) is 12.2 Å². The van der Waals surface area contributed by atoms with Crippen molar-refractivity contribution in [2.75, 3.05) is 0 Å². The lowest BCUT2D eigenvalue weighted by Crippen LogP contribution is -2.42. The summed E-state index contributed by atoms with van der Waals surface area (Å²) in [6.45, 7) is 8.26. The Morgan fingerprint density at radius 3 is 2.06 bits per heavy atom. The molecular formula is C27H48O4. The maximum absolute atomic E-state index is 13.0. The first-order chi connectivity index (χ1) is 14.8. The molecule has 0 aliphatic heterocycles. The number of carbonyl (C=O) groups is 2. The first-order valence-electron chi connectivity index (χ1n) is 12.9. The predicted molar refractivity (Wildman–Crippen MR) is 128 cm³/mol. The molecule has 1 aliphatic rings. The molecule has 1 N–H and O–H groups in total. The molecule has 0 aromatic carbocycles. The minimum atomic E-state index is -1.06. The fourth-order valence-corrected chi connectivity index (χ4v) is 4.66. The molecule has 1 rings (SSSR count). The zero-order chi connectivity index (χ0) is 23.1. The third kappa shape index (κ3) is 10.7. The first kappa shape index (κ1) is 27.7. The summed E-state index contributed by atoms with van der Waals surface area (Å²) in [6.07, 6.45) is 20.7. The SMILES string of the molecule is CCCCCCCCCCCCCC(CC(C)C)OC(=O)C1(C)C=CCCC1C(=O)O. The monoisotopic (exact) mass is 436 g/mol. The third-order valence-electron chi connectivity index (χ3n) is 6.69. The van der Waals surface area contributed by atoms with Gasteiger partial charge in [0, 0.05) is 0 Å². The number of esters is 1. The van der Waals surface area contributed by atoms with E-state index in [0.29, 0.717) is 18.8 Å². The van der Waals surface area contributed by atoms with Crippen molar-refractivity contribution in [3.63, 3.8) is 0 Å². The van der Waals surface area contributed by atoms with Crippen LogP contribution >= 0.6 is 0 Å². The second-order valence-corrected chi connectivity index (χ2v) is 10.1. The van der Waals surface area contributed by atoms with Crippen LogP contribution in [0.2, 0.25) is 0 Å². The number of hydrogen-bond acceptors (Lipinski definition) is 3. The van der Waals surface area contributed by atoms with Gasteiger partial charge in [0.2, 0.25) is 0 Å². The number of hydrogen-bond donors (Lipinski definition) is 1. The molecule has 3 atom stereocenters. The highest BCUT2D eigenvalue weighted by Crippen LogP contribution is 2.38. The topological polar surface area (TPSA) is 63.6 Å². The highest BCUT2D eigenvalue weighted by atomic mass is 16.5. The number of ether oxygens (including phenoxy) is 1. The molecule has 0 amide bonds. The Morgan fingerprint density at radius 1 is 1.00 bits per heavy atom. The van der Waals surface area contributed by atoms with Gasteiger partial charge in [0.15, 0.2) is 0 Å². The summed E-state index contributed by atoms with van der Waals surface area (Å²) in [4.78, 5) is 24.7. The van der Waals surface area contributed by atoms with Crippen molar-refractivity contribution in [3.05, 3.63) is 12.2 Å². The molecule has 0 aromatic heterocycles. The lowest BCUT2D eigenvalue weighted by molar-refractivity contribution is -0.168. The first-order valence-corrected chi connectivity index (χ1v) is 12.9. The van der Waals surface area contributed by atoms with E-state index in [2.05, 4.69) is 20.8 Å². The van der Waals surface area contributed by atoms with Crippen LogP contribution in [0.25, 0.3) is 0 Å². The quantitative estimate of drug-likeness (QED) is 0.144. The third-order valence-corrected chi connectivity index (χ3v) is 6.69. The van der Waals surface area contributed by atoms with Crippen LogP contribution in [0.4, 0.5) is 0 Å². The highest BCUT2D eigenvalue weighted by Gasteiger charge is 2.46. The van der Waals surface area contributed by atoms with Crippen LogP contribution in [-0.2, 0) is 14.3 Å². The standard InChI is InChI=1S/C27H48O4/c1-5-6-7-8-9-10-11-12-13-14-15-18-23(21-22(2)3)31-26(30)27(4)20-17-16-19-24(27)25(28)29/h17,20,22-24H,5-16,18-19,21H2,1-4H3,(H,28,29). The lowest BCUT2D eigenvalue weighted by Gasteiger charge is -2.34. The van der Waals surface area contributed by atoms with Crippen molar-refractivity contribution in [3.8, 4) is 0 Å². The molecule has 3 unspecified atom stereocenters. The Labute approximate surface area is 191 Å². The van der Waals surface area contributed by atoms with Crippen molar-refractivity contribution in [1.82, 2.24) is 0 Å². The molecular weight excluding hydrogens is 388 g/mol. The minimum absolute atomic E-state index is 0.118. The van der Waals surface area contributed by atoms with Gasteiger partial charge in [0.05, 0.1) is 11.3 Å². The van der Waals surface area contributed by atoms with Crippen molar-refractivity contribution < 1.29 is 19.4 Å². The van der Waals surface area contributed by atoms with Gasteiger partial charge in [-0.05, 0) is 44.9 Å². The van der Waals surface area contributed by atoms with Crippen LogP contribution in [0.3, 0.4) is 0 Å². The summed E-state index contributed by atoms with van der Waals surface area (Å²) >= 11 is 0. The van der Waals surface area contributed by atoms with E-state index in [9.17, 15) is 14.7 Å². The van der Waals surface area contributed by atoms with E-state index in [4.69, 9.17) is 4.74 Å². The predicted octanol–water partition coefficient (Wildman–Crippen LogP) is 7.70. The molecule has 0 saturated carbocycles. The number of unbranched alkanes of at least 4 members (excludes halogenated alkanes) is 10. The summed E-state index contributed by atoms with van der Waals surface area (Å²) in [6, 6.07) is 0. The smallest absolute Gasteiger partial charge is 0.316 e. The Morgan fingerprint density at radius 2 is 1.55 bits per heavy atom. The average molecular weight is 437 g/mol. The average Bonchev–Trinajstić information content (AvgIpc) is 2.71. The summed E-state index contributed by atoms with van der Waals surface area (Å²) in [5.41, 5.74) is -1.06. The van der Waals surface area contributed by atoms with Crippen molar-refractivity contribution in [1.29, 1.82) is 0 Å². The number of allylic oxidation sites excluding steroid dienone is 1. The van der Waals surface area contributed by atoms with E-state index in [1.165, 1.54) is 64.2 Å². The highest BCUT2D eigenvalue weighted by molar-refractivity contribution is 5.86. The van der Waals surface area contributed by atoms with Crippen LogP contribution in [0, 0.1) is 17.3 Å². The molecule has 0 heterocycles. The number of carboxylic acids is 1. The normalized spacial score (nSPS) is 21.9. The molecule has 0 aromatic rings. The second-order valence-electron chi connectivity index (χ2n) is 10.1. The fourth-order valence-electron chi connectivity index (χ4n) is 4.66. The van der Waals surface area contributed by atoms with Crippen LogP contribution in [0.1, 0.15) is 124 Å². The second kappa shape index (κ2) is 15.5. The molecule has 0 bridgehead atoms. The van der Waals surface area contributed by atoms with Gasteiger partial charge < -0.3 is 9.84 Å². The molecule has 4 nitrogen and oxygen atoms in total. The molecule has 180 valence electrons. The number of rotatable bonds is 17. The van der Waals surface area contributed by atoms with Crippen LogP contribution in [0.5, 0.6) is 0 Å². The lowest BCUT2D eigenvalue weighted by atomic mass is 9.71. The molecule has 0 fully saturated rings. The minimum Gasteiger partial charge on any atom is -0.481 e. The Hall–Kier alpha value is -1.32. The maximum Gasteiger partial charge on any atom is 0.316 e. The van der Waals surface area contributed by atoms with Gasteiger partial charge in [-0.2, -0.15) is 0 Å². The number of carboxylic acid groups (broad SMARTS) is 1. The molecule has 0 spiro atoms. The van der Waals surface area contributed by atoms with Gasteiger partial charge in [-0.1, -0.05) is 97.1 Å². The van der Waals surface area contributed by atoms with Crippen molar-refractivity contribution in [2.24, 2.45) is 17.3 Å². The van der Waals surface area contributed by atoms with E-state index < -0.39 is 17.3 Å². The Bertz CT molecular complexity index is 539. The zero-order valence-corrected chi connectivity index (χ0v) is 20.7. The number of aliphatic carboxylic acids is 1. The van der Waals surface area contributed by atoms with Gasteiger partial charge in [-0.15, -0.1) is 0 Å². The van der Waals surface area contributed by atoms with Crippen LogP contribution < -0.4 is 0 Å². The Kier molecular flexibility index (Phi) is 13.8. The molecule has 1 aliphatic carbocycles.